The second-order valence-corrected chi connectivity index (χ2v) is 5.55. The Bertz CT molecular complexity index is 639. The van der Waals surface area contributed by atoms with Crippen LogP contribution in [0.4, 0.5) is 8.78 Å². The van der Waals surface area contributed by atoms with Crippen LogP contribution in [0.3, 0.4) is 0 Å². The summed E-state index contributed by atoms with van der Waals surface area (Å²) in [6.45, 7) is 0. The Hall–Kier alpha value is -2.31. The third kappa shape index (κ3) is 3.55. The molecule has 23 heavy (non-hydrogen) atoms. The molecule has 0 radical (unpaired) electrons. The molecule has 1 N–H and O–H groups in total. The average molecular weight is 325 g/mol. The molecule has 1 aromatic rings. The molecule has 1 amide bonds. The maximum atomic E-state index is 13.2. The van der Waals surface area contributed by atoms with Crippen molar-refractivity contribution in [3.8, 4) is 0 Å². The molecule has 0 saturated heterocycles. The zero-order valence-corrected chi connectivity index (χ0v) is 12.7. The van der Waals surface area contributed by atoms with Gasteiger partial charge in [-0.15, -0.1) is 0 Å². The summed E-state index contributed by atoms with van der Waals surface area (Å²) in [5, 5.41) is 2.44. The van der Waals surface area contributed by atoms with E-state index in [9.17, 15) is 23.2 Å². The van der Waals surface area contributed by atoms with Gasteiger partial charge in [-0.25, -0.2) is 13.6 Å². The number of rotatable bonds is 4. The number of esters is 1. The fourth-order valence-electron chi connectivity index (χ4n) is 2.77. The standard InChI is InChI=1S/C16H17F2NO4/c1-23-15(22)16(7-3-2-4-8-16)19-14(21)13(20)10-5-6-11(17)12(18)9-10/h5-6,9H,2-4,7-8H2,1H3,(H,19,21). The predicted molar refractivity (Wildman–Crippen MR) is 76.7 cm³/mol. The van der Waals surface area contributed by atoms with Gasteiger partial charge in [-0.3, -0.25) is 9.59 Å². The van der Waals surface area contributed by atoms with E-state index in [1.807, 2.05) is 0 Å². The quantitative estimate of drug-likeness (QED) is 0.523. The van der Waals surface area contributed by atoms with E-state index in [2.05, 4.69) is 5.32 Å². The van der Waals surface area contributed by atoms with E-state index in [-0.39, 0.29) is 5.56 Å². The van der Waals surface area contributed by atoms with Gasteiger partial charge in [0.1, 0.15) is 5.54 Å². The normalized spacial score (nSPS) is 16.5. The number of ketones is 1. The van der Waals surface area contributed by atoms with Crippen molar-refractivity contribution in [2.24, 2.45) is 0 Å². The molecule has 1 aromatic carbocycles. The number of benzene rings is 1. The van der Waals surface area contributed by atoms with Gasteiger partial charge in [0.15, 0.2) is 11.6 Å². The van der Waals surface area contributed by atoms with Crippen LogP contribution >= 0.6 is 0 Å². The lowest BCUT2D eigenvalue weighted by atomic mass is 9.81. The average Bonchev–Trinajstić information content (AvgIpc) is 2.56. The SMILES string of the molecule is COC(=O)C1(NC(=O)C(=O)c2ccc(F)c(F)c2)CCCCC1. The highest BCUT2D eigenvalue weighted by molar-refractivity contribution is 6.43. The molecule has 1 aliphatic rings. The zero-order chi connectivity index (χ0) is 17.0. The van der Waals surface area contributed by atoms with Crippen molar-refractivity contribution in [1.29, 1.82) is 0 Å². The van der Waals surface area contributed by atoms with E-state index in [0.717, 1.165) is 31.4 Å². The van der Waals surface area contributed by atoms with Crippen LogP contribution in [-0.4, -0.2) is 30.3 Å². The van der Waals surface area contributed by atoms with Gasteiger partial charge in [0.05, 0.1) is 7.11 Å². The van der Waals surface area contributed by atoms with Gasteiger partial charge >= 0.3 is 5.97 Å². The number of amides is 1. The Morgan fingerprint density at radius 2 is 1.74 bits per heavy atom. The van der Waals surface area contributed by atoms with Crippen molar-refractivity contribution in [2.45, 2.75) is 37.6 Å². The summed E-state index contributed by atoms with van der Waals surface area (Å²) in [7, 11) is 1.21. The fraction of sp³-hybridized carbons (Fsp3) is 0.438. The molecule has 7 heteroatoms. The lowest BCUT2D eigenvalue weighted by molar-refractivity contribution is -0.152. The van der Waals surface area contributed by atoms with Crippen LogP contribution in [-0.2, 0) is 14.3 Å². The summed E-state index contributed by atoms with van der Waals surface area (Å²) in [5.41, 5.74) is -1.52. The van der Waals surface area contributed by atoms with Crippen molar-refractivity contribution in [3.05, 3.63) is 35.4 Å². The minimum Gasteiger partial charge on any atom is -0.467 e. The number of carbonyl (C=O) groups is 3. The molecule has 1 fully saturated rings. The number of hydrogen-bond donors (Lipinski definition) is 1. The van der Waals surface area contributed by atoms with E-state index in [4.69, 9.17) is 4.74 Å². The highest BCUT2D eigenvalue weighted by Gasteiger charge is 2.43. The number of ether oxygens (including phenoxy) is 1. The molecule has 0 heterocycles. The molecular formula is C16H17F2NO4. The van der Waals surface area contributed by atoms with E-state index in [1.165, 1.54) is 7.11 Å². The highest BCUT2D eigenvalue weighted by atomic mass is 19.2. The third-order valence-electron chi connectivity index (χ3n) is 4.02. The molecule has 5 nitrogen and oxygen atoms in total. The van der Waals surface area contributed by atoms with Gasteiger partial charge in [0, 0.05) is 5.56 Å². The van der Waals surface area contributed by atoms with Crippen molar-refractivity contribution >= 4 is 17.7 Å². The van der Waals surface area contributed by atoms with E-state index < -0.39 is 34.8 Å². The largest absolute Gasteiger partial charge is 0.467 e. The number of carbonyl (C=O) groups excluding carboxylic acids is 3. The first-order chi connectivity index (χ1) is 10.9. The Labute approximate surface area is 132 Å². The second-order valence-electron chi connectivity index (χ2n) is 5.55. The Morgan fingerprint density at radius 1 is 1.09 bits per heavy atom. The van der Waals surface area contributed by atoms with Crippen LogP contribution in [0.15, 0.2) is 18.2 Å². The van der Waals surface area contributed by atoms with E-state index in [0.29, 0.717) is 18.9 Å². The lowest BCUT2D eigenvalue weighted by Gasteiger charge is -2.34. The fourth-order valence-corrected chi connectivity index (χ4v) is 2.77. The van der Waals surface area contributed by atoms with Gasteiger partial charge in [0.2, 0.25) is 5.78 Å². The lowest BCUT2D eigenvalue weighted by Crippen LogP contribution is -2.57. The first-order valence-corrected chi connectivity index (χ1v) is 7.30. The third-order valence-corrected chi connectivity index (χ3v) is 4.02. The van der Waals surface area contributed by atoms with Gasteiger partial charge in [0.25, 0.3) is 5.91 Å². The van der Waals surface area contributed by atoms with Gasteiger partial charge in [-0.2, -0.15) is 0 Å². The Morgan fingerprint density at radius 3 is 2.30 bits per heavy atom. The molecule has 0 atom stereocenters. The summed E-state index contributed by atoms with van der Waals surface area (Å²) < 4.78 is 30.8. The minimum atomic E-state index is -1.24. The predicted octanol–water partition coefficient (Wildman–Crippen LogP) is 2.14. The summed E-state index contributed by atoms with van der Waals surface area (Å²) in [6, 6.07) is 2.45. The van der Waals surface area contributed by atoms with Crippen molar-refractivity contribution < 1.29 is 27.9 Å². The van der Waals surface area contributed by atoms with Crippen LogP contribution in [0.25, 0.3) is 0 Å². The van der Waals surface area contributed by atoms with Crippen molar-refractivity contribution in [1.82, 2.24) is 5.32 Å². The van der Waals surface area contributed by atoms with Crippen LogP contribution in [0, 0.1) is 11.6 Å². The smallest absolute Gasteiger partial charge is 0.331 e. The number of hydrogen-bond acceptors (Lipinski definition) is 4. The topological polar surface area (TPSA) is 72.5 Å². The molecule has 1 saturated carbocycles. The zero-order valence-electron chi connectivity index (χ0n) is 12.7. The van der Waals surface area contributed by atoms with Crippen LogP contribution in [0.5, 0.6) is 0 Å². The number of methoxy groups -OCH3 is 1. The molecule has 1 aliphatic carbocycles. The van der Waals surface area contributed by atoms with Gasteiger partial charge < -0.3 is 10.1 Å². The number of nitrogens with one attached hydrogen (secondary N) is 1. The van der Waals surface area contributed by atoms with Crippen LogP contribution in [0.2, 0.25) is 0 Å². The molecule has 0 aliphatic heterocycles. The molecule has 0 unspecified atom stereocenters. The first-order valence-electron chi connectivity index (χ1n) is 7.30. The molecule has 0 spiro atoms. The minimum absolute atomic E-state index is 0.280. The monoisotopic (exact) mass is 325 g/mol. The maximum absolute atomic E-state index is 13.2. The highest BCUT2D eigenvalue weighted by Crippen LogP contribution is 2.29. The van der Waals surface area contributed by atoms with Crippen LogP contribution < -0.4 is 5.32 Å². The van der Waals surface area contributed by atoms with Crippen molar-refractivity contribution in [2.75, 3.05) is 7.11 Å². The van der Waals surface area contributed by atoms with E-state index in [1.54, 1.807) is 0 Å². The Balaban J connectivity index is 2.19. The van der Waals surface area contributed by atoms with E-state index >= 15 is 0 Å². The second kappa shape index (κ2) is 6.85. The summed E-state index contributed by atoms with van der Waals surface area (Å²) in [5.74, 6) is -5.01. The molecule has 0 bridgehead atoms. The first kappa shape index (κ1) is 17.1. The molecule has 124 valence electrons. The number of Topliss-reactive ketones (excluding diaryl/α,β-unsaturated/α-hetero) is 1. The molecular weight excluding hydrogens is 308 g/mol. The van der Waals surface area contributed by atoms with Crippen LogP contribution in [0.1, 0.15) is 42.5 Å². The van der Waals surface area contributed by atoms with Crippen molar-refractivity contribution in [3.63, 3.8) is 0 Å². The molecule has 0 aromatic heterocycles. The molecule has 2 rings (SSSR count). The van der Waals surface area contributed by atoms with Gasteiger partial charge in [-0.1, -0.05) is 19.3 Å². The summed E-state index contributed by atoms with van der Waals surface area (Å²) in [6.07, 6.45) is 3.10. The van der Waals surface area contributed by atoms with Gasteiger partial charge in [-0.05, 0) is 31.0 Å². The summed E-state index contributed by atoms with van der Waals surface area (Å²) >= 11 is 0. The number of halogens is 2. The Kier molecular flexibility index (Phi) is 5.08. The summed E-state index contributed by atoms with van der Waals surface area (Å²) in [4.78, 5) is 36.3. The maximum Gasteiger partial charge on any atom is 0.331 e.